The fourth-order valence-corrected chi connectivity index (χ4v) is 1.11. The van der Waals surface area contributed by atoms with Gasteiger partial charge in [-0.3, -0.25) is 4.90 Å². The average molecular weight is 147 g/mol. The van der Waals surface area contributed by atoms with Crippen molar-refractivity contribution < 1.29 is 15.3 Å². The van der Waals surface area contributed by atoms with Crippen LogP contribution in [-0.2, 0) is 0 Å². The lowest BCUT2D eigenvalue weighted by atomic mass is 10.1. The van der Waals surface area contributed by atoms with E-state index >= 15 is 0 Å². The maximum absolute atomic E-state index is 9.08. The van der Waals surface area contributed by atoms with E-state index in [9.17, 15) is 0 Å². The third kappa shape index (κ3) is 1.67. The van der Waals surface area contributed by atoms with Gasteiger partial charge in [0.1, 0.15) is 0 Å². The minimum atomic E-state index is -0.694. The molecule has 0 bridgehead atoms. The van der Waals surface area contributed by atoms with Crippen molar-refractivity contribution in [3.05, 3.63) is 0 Å². The normalized spacial score (nSPS) is 36.3. The molecule has 0 aromatic heterocycles. The SMILES string of the molecule is OCN1CCC(O)C(O)C1. The highest BCUT2D eigenvalue weighted by Gasteiger charge is 2.24. The van der Waals surface area contributed by atoms with E-state index in [0.29, 0.717) is 19.5 Å². The summed E-state index contributed by atoms with van der Waals surface area (Å²) in [5.74, 6) is 0. The van der Waals surface area contributed by atoms with Gasteiger partial charge in [-0.1, -0.05) is 0 Å². The molecule has 0 saturated carbocycles. The zero-order valence-corrected chi connectivity index (χ0v) is 5.77. The number of nitrogens with zero attached hydrogens (tertiary/aromatic N) is 1. The zero-order valence-electron chi connectivity index (χ0n) is 5.77. The minimum absolute atomic E-state index is 0.0379. The van der Waals surface area contributed by atoms with Gasteiger partial charge in [0.15, 0.2) is 0 Å². The van der Waals surface area contributed by atoms with Crippen molar-refractivity contribution in [2.75, 3.05) is 19.8 Å². The molecule has 4 heteroatoms. The van der Waals surface area contributed by atoms with Crippen LogP contribution >= 0.6 is 0 Å². The van der Waals surface area contributed by atoms with Gasteiger partial charge in [0, 0.05) is 13.1 Å². The molecule has 0 aliphatic carbocycles. The van der Waals surface area contributed by atoms with E-state index in [1.807, 2.05) is 0 Å². The molecule has 1 fully saturated rings. The molecule has 10 heavy (non-hydrogen) atoms. The van der Waals surface area contributed by atoms with Gasteiger partial charge in [0.05, 0.1) is 18.9 Å². The van der Waals surface area contributed by atoms with Gasteiger partial charge in [-0.15, -0.1) is 0 Å². The number of β-amino-alcohol motifs (C(OH)–C–C–N with tert-alkyl or cyclic N) is 1. The van der Waals surface area contributed by atoms with Crippen molar-refractivity contribution in [3.63, 3.8) is 0 Å². The Morgan fingerprint density at radius 2 is 2.00 bits per heavy atom. The van der Waals surface area contributed by atoms with Crippen molar-refractivity contribution in [2.45, 2.75) is 18.6 Å². The maximum atomic E-state index is 9.08. The molecule has 1 saturated heterocycles. The van der Waals surface area contributed by atoms with Gasteiger partial charge in [0.25, 0.3) is 0 Å². The molecule has 1 aliphatic rings. The number of piperidine rings is 1. The molecule has 0 spiro atoms. The molecule has 0 amide bonds. The van der Waals surface area contributed by atoms with Crippen LogP contribution in [0, 0.1) is 0 Å². The Labute approximate surface area is 59.7 Å². The Bertz CT molecular complexity index is 109. The molecule has 60 valence electrons. The van der Waals surface area contributed by atoms with E-state index in [-0.39, 0.29) is 6.73 Å². The summed E-state index contributed by atoms with van der Waals surface area (Å²) >= 11 is 0. The summed E-state index contributed by atoms with van der Waals surface area (Å²) in [5, 5.41) is 26.7. The van der Waals surface area contributed by atoms with E-state index in [0.717, 1.165) is 0 Å². The van der Waals surface area contributed by atoms with Gasteiger partial charge < -0.3 is 15.3 Å². The van der Waals surface area contributed by atoms with E-state index < -0.39 is 12.2 Å². The zero-order chi connectivity index (χ0) is 7.56. The van der Waals surface area contributed by atoms with Gasteiger partial charge in [-0.2, -0.15) is 0 Å². The third-order valence-corrected chi connectivity index (χ3v) is 1.83. The summed E-state index contributed by atoms with van der Waals surface area (Å²) in [5.41, 5.74) is 0. The Hall–Kier alpha value is -0.160. The minimum Gasteiger partial charge on any atom is -0.390 e. The quantitative estimate of drug-likeness (QED) is 0.416. The smallest absolute Gasteiger partial charge is 0.0957 e. The van der Waals surface area contributed by atoms with Crippen molar-refractivity contribution in [1.29, 1.82) is 0 Å². The highest BCUT2D eigenvalue weighted by Crippen LogP contribution is 2.09. The second-order valence-corrected chi connectivity index (χ2v) is 2.64. The first-order valence-corrected chi connectivity index (χ1v) is 3.43. The molecule has 0 aromatic carbocycles. The summed E-state index contributed by atoms with van der Waals surface area (Å²) in [6.07, 6.45) is -0.759. The largest absolute Gasteiger partial charge is 0.390 e. The van der Waals surface area contributed by atoms with Crippen LogP contribution in [0.1, 0.15) is 6.42 Å². The molecule has 0 aromatic rings. The van der Waals surface area contributed by atoms with Gasteiger partial charge in [-0.25, -0.2) is 0 Å². The first kappa shape index (κ1) is 7.94. The lowest BCUT2D eigenvalue weighted by Gasteiger charge is -2.31. The van der Waals surface area contributed by atoms with E-state index in [1.54, 1.807) is 4.90 Å². The standard InChI is InChI=1S/C6H13NO3/c8-4-7-2-1-5(9)6(10)3-7/h5-6,8-10H,1-4H2. The lowest BCUT2D eigenvalue weighted by molar-refractivity contribution is -0.0576. The van der Waals surface area contributed by atoms with Crippen LogP contribution in [0.5, 0.6) is 0 Å². The molecular formula is C6H13NO3. The number of hydrogen-bond acceptors (Lipinski definition) is 4. The first-order chi connectivity index (χ1) is 4.74. The van der Waals surface area contributed by atoms with Crippen LogP contribution in [0.3, 0.4) is 0 Å². The van der Waals surface area contributed by atoms with Crippen LogP contribution in [0.25, 0.3) is 0 Å². The molecule has 4 nitrogen and oxygen atoms in total. The molecule has 3 N–H and O–H groups in total. The van der Waals surface area contributed by atoms with E-state index in [1.165, 1.54) is 0 Å². The summed E-state index contributed by atoms with van der Waals surface area (Å²) in [4.78, 5) is 1.69. The van der Waals surface area contributed by atoms with E-state index in [4.69, 9.17) is 15.3 Å². The molecule has 1 aliphatic heterocycles. The maximum Gasteiger partial charge on any atom is 0.0957 e. The van der Waals surface area contributed by atoms with Gasteiger partial charge in [-0.05, 0) is 6.42 Å². The van der Waals surface area contributed by atoms with Gasteiger partial charge in [0.2, 0.25) is 0 Å². The van der Waals surface area contributed by atoms with Crippen LogP contribution in [0.15, 0.2) is 0 Å². The Balaban J connectivity index is 2.33. The predicted molar refractivity (Wildman–Crippen MR) is 35.3 cm³/mol. The summed E-state index contributed by atoms with van der Waals surface area (Å²) in [7, 11) is 0. The molecule has 1 rings (SSSR count). The Morgan fingerprint density at radius 1 is 1.30 bits per heavy atom. The van der Waals surface area contributed by atoms with Crippen molar-refractivity contribution in [2.24, 2.45) is 0 Å². The number of likely N-dealkylation sites (tertiary alicyclic amines) is 1. The van der Waals surface area contributed by atoms with Crippen LogP contribution in [0.2, 0.25) is 0 Å². The molecule has 0 radical (unpaired) electrons. The highest BCUT2D eigenvalue weighted by atomic mass is 16.3. The lowest BCUT2D eigenvalue weighted by Crippen LogP contribution is -2.46. The second kappa shape index (κ2) is 3.30. The highest BCUT2D eigenvalue weighted by molar-refractivity contribution is 4.77. The Morgan fingerprint density at radius 3 is 2.50 bits per heavy atom. The topological polar surface area (TPSA) is 63.9 Å². The van der Waals surface area contributed by atoms with Crippen molar-refractivity contribution in [1.82, 2.24) is 4.90 Å². The molecule has 2 unspecified atom stereocenters. The second-order valence-electron chi connectivity index (χ2n) is 2.64. The van der Waals surface area contributed by atoms with Crippen LogP contribution in [0.4, 0.5) is 0 Å². The third-order valence-electron chi connectivity index (χ3n) is 1.83. The number of hydrogen-bond donors (Lipinski definition) is 3. The predicted octanol–water partition coefficient (Wildman–Crippen LogP) is -1.64. The fourth-order valence-electron chi connectivity index (χ4n) is 1.11. The fraction of sp³-hybridized carbons (Fsp3) is 1.00. The molecule has 2 atom stereocenters. The van der Waals surface area contributed by atoms with Gasteiger partial charge >= 0.3 is 0 Å². The van der Waals surface area contributed by atoms with Crippen LogP contribution < -0.4 is 0 Å². The van der Waals surface area contributed by atoms with Crippen molar-refractivity contribution >= 4 is 0 Å². The summed E-state index contributed by atoms with van der Waals surface area (Å²) < 4.78 is 0. The average Bonchev–Trinajstić information content (AvgIpc) is 1.95. The first-order valence-electron chi connectivity index (χ1n) is 3.43. The molecule has 1 heterocycles. The molecular weight excluding hydrogens is 134 g/mol. The van der Waals surface area contributed by atoms with E-state index in [2.05, 4.69) is 0 Å². The summed E-state index contributed by atoms with van der Waals surface area (Å²) in [6.45, 7) is 0.996. The van der Waals surface area contributed by atoms with Crippen molar-refractivity contribution in [3.8, 4) is 0 Å². The number of aliphatic hydroxyl groups is 3. The van der Waals surface area contributed by atoms with Crippen LogP contribution in [-0.4, -0.2) is 52.2 Å². The number of aliphatic hydroxyl groups excluding tert-OH is 3. The monoisotopic (exact) mass is 147 g/mol. The summed E-state index contributed by atoms with van der Waals surface area (Å²) in [6, 6.07) is 0. The Kier molecular flexibility index (Phi) is 2.62. The number of rotatable bonds is 1.